The van der Waals surface area contributed by atoms with Crippen molar-refractivity contribution in [2.75, 3.05) is 26.2 Å². The van der Waals surface area contributed by atoms with Crippen molar-refractivity contribution in [2.24, 2.45) is 5.92 Å². The van der Waals surface area contributed by atoms with E-state index >= 15 is 0 Å². The number of hydrogen-bond donors (Lipinski definition) is 1. The average Bonchev–Trinajstić information content (AvgIpc) is 2.38. The van der Waals surface area contributed by atoms with Gasteiger partial charge < -0.3 is 5.32 Å². The van der Waals surface area contributed by atoms with Gasteiger partial charge in [0.25, 0.3) is 0 Å². The van der Waals surface area contributed by atoms with Crippen molar-refractivity contribution in [3.8, 4) is 0 Å². The first-order chi connectivity index (χ1) is 9.25. The summed E-state index contributed by atoms with van der Waals surface area (Å²) >= 11 is 7.22. The molecule has 1 atom stereocenters. The molecule has 1 saturated heterocycles. The van der Waals surface area contributed by atoms with E-state index < -0.39 is 0 Å². The summed E-state index contributed by atoms with van der Waals surface area (Å²) in [7, 11) is 0. The second-order valence-corrected chi connectivity index (χ2v) is 7.30. The van der Waals surface area contributed by atoms with Crippen LogP contribution in [0.25, 0.3) is 0 Å². The summed E-state index contributed by atoms with van der Waals surface area (Å²) in [5, 5.41) is 3.46. The molecule has 2 aliphatic rings. The number of nitrogens with one attached hydrogen (secondary N) is 1. The van der Waals surface area contributed by atoms with E-state index in [-0.39, 0.29) is 24.8 Å². The summed E-state index contributed by atoms with van der Waals surface area (Å²) in [6, 6.07) is 7.38. The van der Waals surface area contributed by atoms with Crippen LogP contribution in [0.15, 0.2) is 27.1 Å². The summed E-state index contributed by atoms with van der Waals surface area (Å²) in [4.78, 5) is 2.68. The molecule has 2 nitrogen and oxygen atoms in total. The normalized spacial score (nSPS) is 20.9. The second kappa shape index (κ2) is 9.09. The quantitative estimate of drug-likeness (QED) is 0.696. The highest BCUT2D eigenvalue weighted by Gasteiger charge is 2.33. The summed E-state index contributed by atoms with van der Waals surface area (Å²) < 4.78 is 2.31. The molecule has 1 aromatic rings. The van der Waals surface area contributed by atoms with Crippen molar-refractivity contribution in [1.82, 2.24) is 10.2 Å². The minimum Gasteiger partial charge on any atom is -0.314 e. The van der Waals surface area contributed by atoms with Gasteiger partial charge in [-0.15, -0.1) is 24.8 Å². The third-order valence-electron chi connectivity index (χ3n) is 4.43. The van der Waals surface area contributed by atoms with E-state index in [1.165, 1.54) is 42.4 Å². The van der Waals surface area contributed by atoms with Gasteiger partial charge in [-0.25, -0.2) is 0 Å². The van der Waals surface area contributed by atoms with E-state index in [0.717, 1.165) is 23.5 Å². The molecule has 2 fully saturated rings. The Morgan fingerprint density at radius 2 is 1.71 bits per heavy atom. The Balaban J connectivity index is 0.00000110. The van der Waals surface area contributed by atoms with E-state index in [1.807, 2.05) is 0 Å². The topological polar surface area (TPSA) is 15.3 Å². The zero-order valence-corrected chi connectivity index (χ0v) is 16.7. The fraction of sp³-hybridized carbons (Fsp3) is 0.600. The van der Waals surface area contributed by atoms with Crippen LogP contribution in [0, 0.1) is 5.92 Å². The summed E-state index contributed by atoms with van der Waals surface area (Å²) in [6.07, 6.45) is 4.19. The first-order valence-electron chi connectivity index (χ1n) is 7.15. The Hall–Kier alpha value is 0.680. The number of hydrogen-bond acceptors (Lipinski definition) is 2. The molecule has 21 heavy (non-hydrogen) atoms. The lowest BCUT2D eigenvalue weighted by Gasteiger charge is -2.43. The fourth-order valence-corrected chi connectivity index (χ4v) is 3.84. The highest BCUT2D eigenvalue weighted by Crippen LogP contribution is 2.42. The molecule has 0 aromatic heterocycles. The van der Waals surface area contributed by atoms with Crippen molar-refractivity contribution in [1.29, 1.82) is 0 Å². The minimum atomic E-state index is 0. The van der Waals surface area contributed by atoms with Gasteiger partial charge in [0.15, 0.2) is 0 Å². The molecule has 1 aliphatic carbocycles. The Labute approximate surface area is 156 Å². The number of piperazine rings is 1. The molecule has 3 rings (SSSR count). The van der Waals surface area contributed by atoms with Gasteiger partial charge in [0.05, 0.1) is 0 Å². The third kappa shape index (κ3) is 4.58. The maximum atomic E-state index is 3.65. The fourth-order valence-electron chi connectivity index (χ4n) is 3.19. The van der Waals surface area contributed by atoms with E-state index in [2.05, 4.69) is 60.3 Å². The van der Waals surface area contributed by atoms with Crippen LogP contribution in [-0.4, -0.2) is 31.1 Å². The molecule has 0 radical (unpaired) electrons. The molecule has 120 valence electrons. The van der Waals surface area contributed by atoms with Crippen LogP contribution in [0.2, 0.25) is 0 Å². The first kappa shape index (κ1) is 19.7. The van der Waals surface area contributed by atoms with Crippen LogP contribution in [-0.2, 0) is 0 Å². The molecule has 6 heteroatoms. The Kier molecular flexibility index (Phi) is 8.54. The number of rotatable bonds is 3. The molecular formula is C15H22Br2Cl2N2. The largest absolute Gasteiger partial charge is 0.314 e. The summed E-state index contributed by atoms with van der Waals surface area (Å²) in [6.45, 7) is 4.60. The molecule has 1 aromatic carbocycles. The van der Waals surface area contributed by atoms with Crippen molar-refractivity contribution in [3.63, 3.8) is 0 Å². The monoisotopic (exact) mass is 458 g/mol. The van der Waals surface area contributed by atoms with Gasteiger partial charge in [0.1, 0.15) is 0 Å². The lowest BCUT2D eigenvalue weighted by Crippen LogP contribution is -2.47. The predicted octanol–water partition coefficient (Wildman–Crippen LogP) is 4.80. The Morgan fingerprint density at radius 3 is 2.24 bits per heavy atom. The zero-order chi connectivity index (χ0) is 13.2. The van der Waals surface area contributed by atoms with Gasteiger partial charge in [0.2, 0.25) is 0 Å². The molecule has 0 amide bonds. The Bertz CT molecular complexity index is 449. The van der Waals surface area contributed by atoms with Crippen molar-refractivity contribution < 1.29 is 0 Å². The average molecular weight is 461 g/mol. The van der Waals surface area contributed by atoms with E-state index in [9.17, 15) is 0 Å². The second-order valence-electron chi connectivity index (χ2n) is 5.60. The maximum absolute atomic E-state index is 3.65. The molecule has 1 saturated carbocycles. The Morgan fingerprint density at radius 1 is 1.05 bits per heavy atom. The van der Waals surface area contributed by atoms with Gasteiger partial charge >= 0.3 is 0 Å². The van der Waals surface area contributed by atoms with E-state index in [1.54, 1.807) is 0 Å². The van der Waals surface area contributed by atoms with Crippen molar-refractivity contribution >= 4 is 56.7 Å². The van der Waals surface area contributed by atoms with Gasteiger partial charge in [-0.3, -0.25) is 4.90 Å². The lowest BCUT2D eigenvalue weighted by molar-refractivity contribution is 0.0837. The summed E-state index contributed by atoms with van der Waals surface area (Å²) in [5.74, 6) is 0.853. The minimum absolute atomic E-state index is 0. The summed E-state index contributed by atoms with van der Waals surface area (Å²) in [5.41, 5.74) is 1.47. The van der Waals surface area contributed by atoms with Gasteiger partial charge in [-0.05, 0) is 68.3 Å². The molecule has 0 spiro atoms. The van der Waals surface area contributed by atoms with Gasteiger partial charge in [-0.1, -0.05) is 12.5 Å². The van der Waals surface area contributed by atoms with Crippen LogP contribution in [0.1, 0.15) is 30.9 Å². The number of nitrogens with zero attached hydrogens (tertiary/aromatic N) is 1. The van der Waals surface area contributed by atoms with Crippen LogP contribution in [0.4, 0.5) is 0 Å². The predicted molar refractivity (Wildman–Crippen MR) is 101 cm³/mol. The smallest absolute Gasteiger partial charge is 0.0377 e. The number of benzene rings is 1. The molecule has 1 heterocycles. The van der Waals surface area contributed by atoms with Gasteiger partial charge in [0, 0.05) is 41.2 Å². The molecule has 1 aliphatic heterocycles. The first-order valence-corrected chi connectivity index (χ1v) is 8.74. The van der Waals surface area contributed by atoms with Crippen molar-refractivity contribution in [3.05, 3.63) is 32.7 Å². The van der Waals surface area contributed by atoms with Crippen LogP contribution < -0.4 is 5.32 Å². The highest BCUT2D eigenvalue weighted by molar-refractivity contribution is 9.13. The number of halogens is 4. The van der Waals surface area contributed by atoms with E-state index in [4.69, 9.17) is 0 Å². The van der Waals surface area contributed by atoms with Crippen molar-refractivity contribution in [2.45, 2.75) is 25.3 Å². The zero-order valence-electron chi connectivity index (χ0n) is 11.9. The van der Waals surface area contributed by atoms with E-state index in [0.29, 0.717) is 6.04 Å². The highest BCUT2D eigenvalue weighted by atomic mass is 79.9. The van der Waals surface area contributed by atoms with Crippen LogP contribution >= 0.6 is 56.7 Å². The van der Waals surface area contributed by atoms with Gasteiger partial charge in [-0.2, -0.15) is 0 Å². The standard InChI is InChI=1S/C15H20Br2N2.2ClH/c16-13-5-4-12(10-14(13)17)15(11-2-1-3-11)19-8-6-18-7-9-19;;/h4-5,10-11,15,18H,1-3,6-9H2;2*1H/t15-;;/m0../s1. The maximum Gasteiger partial charge on any atom is 0.0377 e. The lowest BCUT2D eigenvalue weighted by atomic mass is 9.76. The molecule has 1 N–H and O–H groups in total. The third-order valence-corrected chi connectivity index (χ3v) is 6.31. The molecule has 0 unspecified atom stereocenters. The van der Waals surface area contributed by atoms with Crippen LogP contribution in [0.5, 0.6) is 0 Å². The molecule has 0 bridgehead atoms. The van der Waals surface area contributed by atoms with Crippen LogP contribution in [0.3, 0.4) is 0 Å². The molecular weight excluding hydrogens is 439 g/mol. The SMILES string of the molecule is Brc1ccc([C@H](C2CCC2)N2CCNCC2)cc1Br.Cl.Cl.